The van der Waals surface area contributed by atoms with Gasteiger partial charge in [-0.15, -0.1) is 0 Å². The highest BCUT2D eigenvalue weighted by Crippen LogP contribution is 2.14. The van der Waals surface area contributed by atoms with Gasteiger partial charge >= 0.3 is 0 Å². The molecule has 2 N–H and O–H groups in total. The number of likely N-dealkylation sites (tertiary alicyclic amines) is 1. The van der Waals surface area contributed by atoms with E-state index in [9.17, 15) is 26.8 Å². The van der Waals surface area contributed by atoms with E-state index in [1.165, 1.54) is 0 Å². The maximum absolute atomic E-state index is 13.2. The molecule has 0 saturated carbocycles. The summed E-state index contributed by atoms with van der Waals surface area (Å²) in [5.41, 5.74) is 0. The van der Waals surface area contributed by atoms with Crippen LogP contribution in [-0.2, 0) is 19.6 Å². The quantitative estimate of drug-likeness (QED) is 0.714. The van der Waals surface area contributed by atoms with Crippen molar-refractivity contribution in [3.05, 3.63) is 29.8 Å². The van der Waals surface area contributed by atoms with Gasteiger partial charge in [0.25, 0.3) is 0 Å². The summed E-state index contributed by atoms with van der Waals surface area (Å²) in [5, 5.41) is 2.85. The highest BCUT2D eigenvalue weighted by atomic mass is 32.2. The molecule has 1 aliphatic heterocycles. The first kappa shape index (κ1) is 21.2. The fourth-order valence-electron chi connectivity index (χ4n) is 2.83. The molecular weight excluding hydrogens is 380 g/mol. The molecule has 0 bridgehead atoms. The van der Waals surface area contributed by atoms with E-state index in [4.69, 9.17) is 0 Å². The van der Waals surface area contributed by atoms with Gasteiger partial charge in [-0.3, -0.25) is 9.59 Å². The first-order valence-electron chi connectivity index (χ1n) is 8.74. The summed E-state index contributed by atoms with van der Waals surface area (Å²) in [6, 6.07) is 2.17. The van der Waals surface area contributed by atoms with Crippen LogP contribution < -0.4 is 10.0 Å². The molecule has 150 valence electrons. The van der Waals surface area contributed by atoms with Gasteiger partial charge < -0.3 is 10.2 Å². The highest BCUT2D eigenvalue weighted by Gasteiger charge is 2.24. The van der Waals surface area contributed by atoms with E-state index in [2.05, 4.69) is 10.0 Å². The molecule has 1 unspecified atom stereocenters. The van der Waals surface area contributed by atoms with Gasteiger partial charge in [-0.05, 0) is 31.0 Å². The summed E-state index contributed by atoms with van der Waals surface area (Å²) < 4.78 is 52.5. The van der Waals surface area contributed by atoms with Crippen LogP contribution >= 0.6 is 0 Å². The van der Waals surface area contributed by atoms with Crippen molar-refractivity contribution < 1.29 is 26.8 Å². The molecule has 1 fully saturated rings. The van der Waals surface area contributed by atoms with E-state index in [1.807, 2.05) is 0 Å². The minimum absolute atomic E-state index is 0.0721. The molecule has 0 aliphatic carbocycles. The van der Waals surface area contributed by atoms with Crippen molar-refractivity contribution in [1.82, 2.24) is 14.9 Å². The Morgan fingerprint density at radius 1 is 1.26 bits per heavy atom. The summed E-state index contributed by atoms with van der Waals surface area (Å²) in [6.45, 7) is 2.52. The summed E-state index contributed by atoms with van der Waals surface area (Å²) in [4.78, 5) is 25.0. The van der Waals surface area contributed by atoms with E-state index < -0.39 is 26.6 Å². The Hall–Kier alpha value is -2.07. The molecule has 0 aromatic heterocycles. The van der Waals surface area contributed by atoms with Gasteiger partial charge in [0, 0.05) is 38.5 Å². The molecule has 0 spiro atoms. The highest BCUT2D eigenvalue weighted by molar-refractivity contribution is 7.89. The van der Waals surface area contributed by atoms with Crippen molar-refractivity contribution in [1.29, 1.82) is 0 Å². The Labute approximate surface area is 157 Å². The number of rotatable bonds is 7. The third kappa shape index (κ3) is 5.96. The second-order valence-electron chi connectivity index (χ2n) is 6.32. The van der Waals surface area contributed by atoms with Crippen LogP contribution in [0.5, 0.6) is 0 Å². The van der Waals surface area contributed by atoms with Gasteiger partial charge in [0.1, 0.15) is 0 Å². The van der Waals surface area contributed by atoms with Crippen molar-refractivity contribution in [2.45, 2.75) is 43.5 Å². The summed E-state index contributed by atoms with van der Waals surface area (Å²) in [6.07, 6.45) is 1.84. The molecule has 10 heteroatoms. The first-order chi connectivity index (χ1) is 12.7. The normalized spacial score (nSPS) is 17.6. The number of nitrogens with one attached hydrogen (secondary N) is 2. The fraction of sp³-hybridized carbons (Fsp3) is 0.529. The van der Waals surface area contributed by atoms with Crippen molar-refractivity contribution >= 4 is 21.8 Å². The van der Waals surface area contributed by atoms with Crippen molar-refractivity contribution in [2.24, 2.45) is 0 Å². The number of carbonyl (C=O) groups is 2. The lowest BCUT2D eigenvalue weighted by atomic mass is 10.1. The maximum Gasteiger partial charge on any atom is 0.240 e. The van der Waals surface area contributed by atoms with E-state index in [0.29, 0.717) is 25.6 Å². The molecule has 1 saturated heterocycles. The molecular formula is C17H23F2N3O4S. The van der Waals surface area contributed by atoms with Gasteiger partial charge in [-0.25, -0.2) is 21.9 Å². The number of benzene rings is 1. The summed E-state index contributed by atoms with van der Waals surface area (Å²) >= 11 is 0. The molecule has 1 atom stereocenters. The monoisotopic (exact) mass is 403 g/mol. The molecule has 2 amide bonds. The molecule has 7 nitrogen and oxygen atoms in total. The second-order valence-corrected chi connectivity index (χ2v) is 8.09. The number of piperidine rings is 1. The Bertz CT molecular complexity index is 801. The van der Waals surface area contributed by atoms with Crippen LogP contribution in [0, 0.1) is 11.6 Å². The zero-order valence-electron chi connectivity index (χ0n) is 15.0. The second kappa shape index (κ2) is 9.23. The van der Waals surface area contributed by atoms with E-state index in [-0.39, 0.29) is 30.8 Å². The van der Waals surface area contributed by atoms with Crippen LogP contribution in [-0.4, -0.2) is 50.8 Å². The van der Waals surface area contributed by atoms with E-state index in [1.54, 1.807) is 11.8 Å². The predicted octanol–water partition coefficient (Wildman–Crippen LogP) is 1.15. The Morgan fingerprint density at radius 3 is 2.67 bits per heavy atom. The number of sulfonamides is 1. The number of amides is 2. The van der Waals surface area contributed by atoms with Crippen LogP contribution in [0.3, 0.4) is 0 Å². The molecule has 1 aliphatic rings. The lowest BCUT2D eigenvalue weighted by molar-refractivity contribution is -0.133. The van der Waals surface area contributed by atoms with Gasteiger partial charge in [0.15, 0.2) is 11.6 Å². The predicted molar refractivity (Wildman–Crippen MR) is 94.2 cm³/mol. The van der Waals surface area contributed by atoms with Crippen LogP contribution in [0.4, 0.5) is 8.78 Å². The lowest BCUT2D eigenvalue weighted by Crippen LogP contribution is -2.49. The van der Waals surface area contributed by atoms with Crippen LogP contribution in [0.25, 0.3) is 0 Å². The largest absolute Gasteiger partial charge is 0.352 e. The maximum atomic E-state index is 13.2. The zero-order chi connectivity index (χ0) is 20.0. The van der Waals surface area contributed by atoms with E-state index in [0.717, 1.165) is 25.0 Å². The number of carbonyl (C=O) groups excluding carboxylic acids is 2. The van der Waals surface area contributed by atoms with Crippen molar-refractivity contribution in [3.63, 3.8) is 0 Å². The van der Waals surface area contributed by atoms with Crippen molar-refractivity contribution in [2.75, 3.05) is 19.6 Å². The Balaban J connectivity index is 1.85. The first-order valence-corrected chi connectivity index (χ1v) is 10.2. The van der Waals surface area contributed by atoms with Gasteiger partial charge in [-0.2, -0.15) is 0 Å². The minimum Gasteiger partial charge on any atom is -0.352 e. The summed E-state index contributed by atoms with van der Waals surface area (Å²) in [5.74, 6) is -2.71. The fourth-order valence-corrected chi connectivity index (χ4v) is 3.87. The van der Waals surface area contributed by atoms with Gasteiger partial charge in [-0.1, -0.05) is 6.92 Å². The number of hydrogen-bond donors (Lipinski definition) is 2. The Kier molecular flexibility index (Phi) is 7.25. The average molecular weight is 403 g/mol. The smallest absolute Gasteiger partial charge is 0.240 e. The molecule has 1 heterocycles. The zero-order valence-corrected chi connectivity index (χ0v) is 15.8. The Morgan fingerprint density at radius 2 is 2.00 bits per heavy atom. The minimum atomic E-state index is -4.04. The topological polar surface area (TPSA) is 95.6 Å². The SMILES string of the molecule is CCC(=O)NC1CCCN(C(=O)CCNS(=O)(=O)c2ccc(F)c(F)c2)C1. The molecule has 1 aromatic rings. The van der Waals surface area contributed by atoms with Crippen LogP contribution in [0.2, 0.25) is 0 Å². The third-order valence-electron chi connectivity index (χ3n) is 4.29. The summed E-state index contributed by atoms with van der Waals surface area (Å²) in [7, 11) is -4.04. The molecule has 27 heavy (non-hydrogen) atoms. The third-order valence-corrected chi connectivity index (χ3v) is 5.75. The van der Waals surface area contributed by atoms with Gasteiger partial charge in [0.2, 0.25) is 21.8 Å². The van der Waals surface area contributed by atoms with E-state index >= 15 is 0 Å². The lowest BCUT2D eigenvalue weighted by Gasteiger charge is -2.33. The molecule has 0 radical (unpaired) electrons. The number of nitrogens with zero attached hydrogens (tertiary/aromatic N) is 1. The average Bonchev–Trinajstić information content (AvgIpc) is 2.63. The number of halogens is 2. The number of hydrogen-bond acceptors (Lipinski definition) is 4. The molecule has 2 rings (SSSR count). The standard InChI is InChI=1S/C17H23F2N3O4S/c1-2-16(23)21-12-4-3-9-22(11-12)17(24)7-8-20-27(25,26)13-5-6-14(18)15(19)10-13/h5-6,10,12,20H,2-4,7-9,11H2,1H3,(H,21,23). The van der Waals surface area contributed by atoms with Crippen LogP contribution in [0.15, 0.2) is 23.1 Å². The van der Waals surface area contributed by atoms with Crippen LogP contribution in [0.1, 0.15) is 32.6 Å². The molecule has 1 aromatic carbocycles. The van der Waals surface area contributed by atoms with Crippen molar-refractivity contribution in [3.8, 4) is 0 Å². The van der Waals surface area contributed by atoms with Gasteiger partial charge in [0.05, 0.1) is 4.90 Å².